The summed E-state index contributed by atoms with van der Waals surface area (Å²) in [6.07, 6.45) is -5.81. The van der Waals surface area contributed by atoms with Gasteiger partial charge in [0.15, 0.2) is 0 Å². The standard InChI is InChI=1S/C25H17F5N2/c26-24(27,25(28,29)30)22-21(31-19-14-8-3-9-15-19)16-20(17-10-4-1-5-11-17)32-23(22)18-12-6-2-7-13-18/h1-16H,(H,31,32). The van der Waals surface area contributed by atoms with E-state index in [2.05, 4.69) is 10.3 Å². The van der Waals surface area contributed by atoms with Crippen LogP contribution in [-0.2, 0) is 5.92 Å². The van der Waals surface area contributed by atoms with Crippen LogP contribution >= 0.6 is 0 Å². The summed E-state index contributed by atoms with van der Waals surface area (Å²) in [5, 5.41) is 2.75. The monoisotopic (exact) mass is 440 g/mol. The quantitative estimate of drug-likeness (QED) is 0.320. The van der Waals surface area contributed by atoms with Crippen molar-refractivity contribution in [2.75, 3.05) is 5.32 Å². The number of hydrogen-bond acceptors (Lipinski definition) is 2. The number of rotatable bonds is 5. The van der Waals surface area contributed by atoms with Crippen molar-refractivity contribution in [2.45, 2.75) is 12.1 Å². The molecule has 4 rings (SSSR count). The first-order valence-corrected chi connectivity index (χ1v) is 9.70. The molecule has 2 nitrogen and oxygen atoms in total. The first-order valence-electron chi connectivity index (χ1n) is 9.70. The molecule has 0 atom stereocenters. The summed E-state index contributed by atoms with van der Waals surface area (Å²) in [5.74, 6) is -5.14. The number of halogens is 5. The van der Waals surface area contributed by atoms with E-state index in [0.717, 1.165) is 0 Å². The predicted molar refractivity (Wildman–Crippen MR) is 115 cm³/mol. The van der Waals surface area contributed by atoms with Crippen molar-refractivity contribution in [1.29, 1.82) is 0 Å². The van der Waals surface area contributed by atoms with Crippen molar-refractivity contribution < 1.29 is 22.0 Å². The van der Waals surface area contributed by atoms with Gasteiger partial charge in [-0.1, -0.05) is 78.9 Å². The number of nitrogens with one attached hydrogen (secondary N) is 1. The number of aromatic nitrogens is 1. The van der Waals surface area contributed by atoms with Gasteiger partial charge in [-0.05, 0) is 18.2 Å². The average molecular weight is 440 g/mol. The van der Waals surface area contributed by atoms with Crippen LogP contribution in [0, 0.1) is 0 Å². The third-order valence-electron chi connectivity index (χ3n) is 4.86. The zero-order chi connectivity index (χ0) is 22.8. The van der Waals surface area contributed by atoms with Crippen LogP contribution in [0.2, 0.25) is 0 Å². The number of anilines is 2. The molecule has 1 aromatic heterocycles. The molecule has 0 saturated carbocycles. The van der Waals surface area contributed by atoms with E-state index in [0.29, 0.717) is 11.3 Å². The maximum Gasteiger partial charge on any atom is 0.458 e. The molecule has 4 aromatic rings. The molecule has 162 valence electrons. The van der Waals surface area contributed by atoms with E-state index in [9.17, 15) is 22.0 Å². The van der Waals surface area contributed by atoms with Crippen LogP contribution < -0.4 is 5.32 Å². The molecule has 32 heavy (non-hydrogen) atoms. The van der Waals surface area contributed by atoms with E-state index in [1.54, 1.807) is 78.9 Å². The van der Waals surface area contributed by atoms with Gasteiger partial charge in [-0.2, -0.15) is 22.0 Å². The van der Waals surface area contributed by atoms with Crippen molar-refractivity contribution in [2.24, 2.45) is 0 Å². The van der Waals surface area contributed by atoms with Crippen molar-refractivity contribution >= 4 is 11.4 Å². The van der Waals surface area contributed by atoms with E-state index in [-0.39, 0.29) is 16.9 Å². The lowest BCUT2D eigenvalue weighted by Gasteiger charge is -2.26. The fraction of sp³-hybridized carbons (Fsp3) is 0.0800. The van der Waals surface area contributed by atoms with Gasteiger partial charge in [-0.25, -0.2) is 4.98 Å². The highest BCUT2D eigenvalue weighted by molar-refractivity contribution is 5.80. The van der Waals surface area contributed by atoms with Crippen molar-refractivity contribution in [3.8, 4) is 22.5 Å². The summed E-state index contributed by atoms with van der Waals surface area (Å²) < 4.78 is 70.5. The highest BCUT2D eigenvalue weighted by Gasteiger charge is 2.61. The van der Waals surface area contributed by atoms with E-state index < -0.39 is 23.4 Å². The van der Waals surface area contributed by atoms with Crippen molar-refractivity contribution in [3.05, 3.63) is 103 Å². The van der Waals surface area contributed by atoms with Crippen molar-refractivity contribution in [3.63, 3.8) is 0 Å². The molecule has 0 unspecified atom stereocenters. The van der Waals surface area contributed by atoms with Gasteiger partial charge in [-0.15, -0.1) is 0 Å². The maximum atomic E-state index is 14.9. The number of benzene rings is 3. The third kappa shape index (κ3) is 4.19. The number of alkyl halides is 5. The minimum Gasteiger partial charge on any atom is -0.355 e. The smallest absolute Gasteiger partial charge is 0.355 e. The van der Waals surface area contributed by atoms with E-state index >= 15 is 0 Å². The first-order chi connectivity index (χ1) is 15.3. The van der Waals surface area contributed by atoms with Gasteiger partial charge in [0, 0.05) is 16.8 Å². The SMILES string of the molecule is FC(F)(F)C(F)(F)c1c(Nc2ccccc2)cc(-c2ccccc2)nc1-c1ccccc1. The third-order valence-corrected chi connectivity index (χ3v) is 4.86. The maximum absolute atomic E-state index is 14.9. The average Bonchev–Trinajstić information content (AvgIpc) is 2.79. The Kier molecular flexibility index (Phi) is 5.65. The van der Waals surface area contributed by atoms with Gasteiger partial charge >= 0.3 is 12.1 Å². The minimum atomic E-state index is -5.81. The topological polar surface area (TPSA) is 24.9 Å². The first kappa shape index (κ1) is 21.5. The molecule has 0 fully saturated rings. The van der Waals surface area contributed by atoms with Gasteiger partial charge in [0.05, 0.1) is 22.6 Å². The molecular weight excluding hydrogens is 423 g/mol. The summed E-state index contributed by atoms with van der Waals surface area (Å²) in [6, 6.07) is 25.8. The molecule has 0 spiro atoms. The lowest BCUT2D eigenvalue weighted by molar-refractivity contribution is -0.288. The Balaban J connectivity index is 2.04. The number of pyridine rings is 1. The summed E-state index contributed by atoms with van der Waals surface area (Å²) in [5.41, 5.74) is -0.651. The van der Waals surface area contributed by atoms with Crippen LogP contribution in [0.15, 0.2) is 97.1 Å². The molecule has 0 amide bonds. The molecule has 1 heterocycles. The molecule has 0 aliphatic heterocycles. The van der Waals surface area contributed by atoms with Gasteiger partial charge in [0.25, 0.3) is 0 Å². The highest BCUT2D eigenvalue weighted by Crippen LogP contribution is 2.50. The van der Waals surface area contributed by atoms with Crippen LogP contribution in [0.1, 0.15) is 5.56 Å². The summed E-state index contributed by atoms with van der Waals surface area (Å²) in [4.78, 5) is 4.28. The zero-order valence-corrected chi connectivity index (χ0v) is 16.6. The Morgan fingerprint density at radius 2 is 1.12 bits per heavy atom. The number of nitrogens with zero attached hydrogens (tertiary/aromatic N) is 1. The highest BCUT2D eigenvalue weighted by atomic mass is 19.4. The molecule has 3 aromatic carbocycles. The van der Waals surface area contributed by atoms with E-state index in [1.807, 2.05) is 0 Å². The molecule has 0 saturated heterocycles. The van der Waals surface area contributed by atoms with Crippen LogP contribution in [0.3, 0.4) is 0 Å². The Morgan fingerprint density at radius 1 is 0.625 bits per heavy atom. The molecular formula is C25H17F5N2. The van der Waals surface area contributed by atoms with Crippen LogP contribution in [0.5, 0.6) is 0 Å². The molecule has 7 heteroatoms. The van der Waals surface area contributed by atoms with Crippen molar-refractivity contribution in [1.82, 2.24) is 4.98 Å². The lowest BCUT2D eigenvalue weighted by Crippen LogP contribution is -2.35. The number of para-hydroxylation sites is 1. The molecule has 1 N–H and O–H groups in total. The molecule has 0 aliphatic rings. The van der Waals surface area contributed by atoms with Crippen LogP contribution in [0.4, 0.5) is 33.3 Å². The van der Waals surface area contributed by atoms with Gasteiger partial charge in [-0.3, -0.25) is 0 Å². The fourth-order valence-electron chi connectivity index (χ4n) is 3.34. The van der Waals surface area contributed by atoms with Gasteiger partial charge in [0.2, 0.25) is 0 Å². The Labute approximate surface area is 181 Å². The van der Waals surface area contributed by atoms with Gasteiger partial charge < -0.3 is 5.32 Å². The largest absolute Gasteiger partial charge is 0.458 e. The molecule has 0 bridgehead atoms. The second-order valence-electron chi connectivity index (χ2n) is 7.07. The molecule has 0 radical (unpaired) electrons. The minimum absolute atomic E-state index is 0.153. The second kappa shape index (κ2) is 8.42. The summed E-state index contributed by atoms with van der Waals surface area (Å²) in [7, 11) is 0. The van der Waals surface area contributed by atoms with E-state index in [4.69, 9.17) is 0 Å². The van der Waals surface area contributed by atoms with Crippen LogP contribution in [-0.4, -0.2) is 11.2 Å². The van der Waals surface area contributed by atoms with E-state index in [1.165, 1.54) is 18.2 Å². The Hall–Kier alpha value is -3.74. The fourth-order valence-corrected chi connectivity index (χ4v) is 3.34. The second-order valence-corrected chi connectivity index (χ2v) is 7.07. The lowest BCUT2D eigenvalue weighted by atomic mass is 9.96. The predicted octanol–water partition coefficient (Wildman–Crippen LogP) is 7.81. The Bertz CT molecular complexity index is 1190. The molecule has 0 aliphatic carbocycles. The number of hydrogen-bond donors (Lipinski definition) is 1. The summed E-state index contributed by atoms with van der Waals surface area (Å²) >= 11 is 0. The Morgan fingerprint density at radius 3 is 1.66 bits per heavy atom. The summed E-state index contributed by atoms with van der Waals surface area (Å²) in [6.45, 7) is 0. The normalized spacial score (nSPS) is 11.9. The van der Waals surface area contributed by atoms with Crippen LogP contribution in [0.25, 0.3) is 22.5 Å². The van der Waals surface area contributed by atoms with Gasteiger partial charge in [0.1, 0.15) is 0 Å². The zero-order valence-electron chi connectivity index (χ0n) is 16.6.